The second-order valence-corrected chi connectivity index (χ2v) is 6.36. The van der Waals surface area contributed by atoms with Gasteiger partial charge < -0.3 is 15.3 Å². The second kappa shape index (κ2) is 9.06. The molecule has 0 aliphatic heterocycles. The Kier molecular flexibility index (Phi) is 7.76. The molecule has 0 saturated heterocycles. The highest BCUT2D eigenvalue weighted by molar-refractivity contribution is 5.47. The zero-order valence-electron chi connectivity index (χ0n) is 14.2. The van der Waals surface area contributed by atoms with Gasteiger partial charge in [0.1, 0.15) is 0 Å². The van der Waals surface area contributed by atoms with E-state index in [0.29, 0.717) is 0 Å². The van der Waals surface area contributed by atoms with Crippen LogP contribution in [-0.4, -0.2) is 37.4 Å². The van der Waals surface area contributed by atoms with E-state index in [-0.39, 0.29) is 12.1 Å². The molecular weight excluding hydrogens is 260 g/mol. The smallest absolute Gasteiger partial charge is 0.0610 e. The zero-order chi connectivity index (χ0) is 15.7. The maximum absolute atomic E-state index is 9.56. The van der Waals surface area contributed by atoms with Crippen LogP contribution in [0.3, 0.4) is 0 Å². The molecule has 0 heterocycles. The van der Waals surface area contributed by atoms with Crippen LogP contribution >= 0.6 is 0 Å². The lowest BCUT2D eigenvalue weighted by Crippen LogP contribution is -2.46. The van der Waals surface area contributed by atoms with E-state index >= 15 is 0 Å². The molecule has 1 aromatic rings. The van der Waals surface area contributed by atoms with Gasteiger partial charge in [-0.3, -0.25) is 0 Å². The van der Waals surface area contributed by atoms with Crippen LogP contribution in [0.2, 0.25) is 0 Å². The summed E-state index contributed by atoms with van der Waals surface area (Å²) in [5, 5.41) is 13.0. The highest BCUT2D eigenvalue weighted by Crippen LogP contribution is 2.17. The Morgan fingerprint density at radius 3 is 2.67 bits per heavy atom. The minimum atomic E-state index is -0.127. The van der Waals surface area contributed by atoms with Gasteiger partial charge in [0.25, 0.3) is 0 Å². The minimum absolute atomic E-state index is 0.127. The lowest BCUT2D eigenvalue weighted by atomic mass is 9.95. The Morgan fingerprint density at radius 1 is 1.29 bits per heavy atom. The van der Waals surface area contributed by atoms with Gasteiger partial charge in [-0.05, 0) is 63.8 Å². The topological polar surface area (TPSA) is 35.5 Å². The van der Waals surface area contributed by atoms with Crippen LogP contribution < -0.4 is 10.2 Å². The molecule has 1 unspecified atom stereocenters. The van der Waals surface area contributed by atoms with Crippen LogP contribution in [0.5, 0.6) is 0 Å². The quantitative estimate of drug-likeness (QED) is 0.649. The summed E-state index contributed by atoms with van der Waals surface area (Å²) in [5.74, 6) is 0. The summed E-state index contributed by atoms with van der Waals surface area (Å²) in [7, 11) is 2.15. The molecule has 0 aromatic heterocycles. The van der Waals surface area contributed by atoms with Gasteiger partial charge in [0.15, 0.2) is 0 Å². The number of benzene rings is 1. The predicted octanol–water partition coefficient (Wildman–Crippen LogP) is 3.35. The summed E-state index contributed by atoms with van der Waals surface area (Å²) in [5.41, 5.74) is 2.46. The number of hydrogen-bond acceptors (Lipinski definition) is 3. The van der Waals surface area contributed by atoms with E-state index in [4.69, 9.17) is 0 Å². The van der Waals surface area contributed by atoms with Crippen molar-refractivity contribution in [1.82, 2.24) is 5.32 Å². The van der Waals surface area contributed by atoms with Crippen molar-refractivity contribution < 1.29 is 5.11 Å². The molecule has 0 aliphatic carbocycles. The third-order valence-electron chi connectivity index (χ3n) is 4.07. The Balaban J connectivity index is 2.32. The maximum atomic E-state index is 9.56. The van der Waals surface area contributed by atoms with Crippen molar-refractivity contribution in [3.05, 3.63) is 29.8 Å². The fourth-order valence-electron chi connectivity index (χ4n) is 2.51. The first-order chi connectivity index (χ1) is 10.0. The molecule has 1 rings (SSSR count). The third kappa shape index (κ3) is 6.49. The number of unbranched alkanes of at least 4 members (excludes halogenated alkanes) is 1. The van der Waals surface area contributed by atoms with Crippen LogP contribution in [0.1, 0.15) is 45.1 Å². The van der Waals surface area contributed by atoms with Gasteiger partial charge in [-0.25, -0.2) is 0 Å². The maximum Gasteiger partial charge on any atom is 0.0610 e. The average Bonchev–Trinajstić information content (AvgIpc) is 2.49. The van der Waals surface area contributed by atoms with Gasteiger partial charge in [0.05, 0.1) is 6.61 Å². The van der Waals surface area contributed by atoms with Crippen molar-refractivity contribution in [2.75, 3.05) is 31.6 Å². The van der Waals surface area contributed by atoms with Crippen LogP contribution in [0.15, 0.2) is 24.3 Å². The van der Waals surface area contributed by atoms with Crippen molar-refractivity contribution in [1.29, 1.82) is 0 Å². The largest absolute Gasteiger partial charge is 0.394 e. The fourth-order valence-corrected chi connectivity index (χ4v) is 2.51. The molecule has 0 fully saturated rings. The molecule has 21 heavy (non-hydrogen) atoms. The van der Waals surface area contributed by atoms with Crippen molar-refractivity contribution in [2.45, 2.75) is 52.0 Å². The van der Waals surface area contributed by atoms with Crippen molar-refractivity contribution in [3.63, 3.8) is 0 Å². The highest BCUT2D eigenvalue weighted by atomic mass is 16.3. The van der Waals surface area contributed by atoms with Gasteiger partial charge in [0.2, 0.25) is 0 Å². The summed E-state index contributed by atoms with van der Waals surface area (Å²) in [6.07, 6.45) is 4.40. The first kappa shape index (κ1) is 18.0. The first-order valence-electron chi connectivity index (χ1n) is 8.14. The van der Waals surface area contributed by atoms with Gasteiger partial charge in [0, 0.05) is 24.8 Å². The zero-order valence-corrected chi connectivity index (χ0v) is 14.2. The van der Waals surface area contributed by atoms with E-state index in [1.807, 2.05) is 0 Å². The summed E-state index contributed by atoms with van der Waals surface area (Å²) in [6.45, 7) is 8.64. The molecule has 3 nitrogen and oxygen atoms in total. The second-order valence-electron chi connectivity index (χ2n) is 6.36. The molecule has 0 radical (unpaired) electrons. The third-order valence-corrected chi connectivity index (χ3v) is 4.07. The highest BCUT2D eigenvalue weighted by Gasteiger charge is 2.21. The van der Waals surface area contributed by atoms with Gasteiger partial charge >= 0.3 is 0 Å². The molecule has 0 bridgehead atoms. The average molecular weight is 292 g/mol. The number of nitrogens with zero attached hydrogens (tertiary/aromatic N) is 1. The fraction of sp³-hybridized carbons (Fsp3) is 0.667. The number of hydrogen-bond donors (Lipinski definition) is 2. The van der Waals surface area contributed by atoms with E-state index in [0.717, 1.165) is 38.8 Å². The molecule has 0 amide bonds. The number of nitrogens with one attached hydrogen (secondary N) is 1. The Morgan fingerprint density at radius 2 is 2.05 bits per heavy atom. The van der Waals surface area contributed by atoms with Crippen LogP contribution in [0.4, 0.5) is 5.69 Å². The normalized spacial score (nSPS) is 14.0. The standard InChI is InChI=1S/C18H32N2O/c1-5-12-19-18(3,15-21)11-6-7-13-20(4)17-10-8-9-16(2)14-17/h8-10,14,19,21H,5-7,11-13,15H2,1-4H3. The summed E-state index contributed by atoms with van der Waals surface area (Å²) in [4.78, 5) is 2.31. The number of aryl methyl sites for hydroxylation is 1. The van der Waals surface area contributed by atoms with Crippen LogP contribution in [0.25, 0.3) is 0 Å². The summed E-state index contributed by atoms with van der Waals surface area (Å²) in [6, 6.07) is 8.62. The van der Waals surface area contributed by atoms with Crippen LogP contribution in [0, 0.1) is 6.92 Å². The molecule has 0 aliphatic rings. The summed E-state index contributed by atoms with van der Waals surface area (Å²) >= 11 is 0. The van der Waals surface area contributed by atoms with Gasteiger partial charge in [-0.15, -0.1) is 0 Å². The lowest BCUT2D eigenvalue weighted by molar-refractivity contribution is 0.163. The summed E-state index contributed by atoms with van der Waals surface area (Å²) < 4.78 is 0. The lowest BCUT2D eigenvalue weighted by Gasteiger charge is -2.29. The number of rotatable bonds is 10. The molecule has 1 aromatic carbocycles. The van der Waals surface area contributed by atoms with Gasteiger partial charge in [-0.2, -0.15) is 0 Å². The molecule has 0 saturated carbocycles. The Labute approximate surface area is 130 Å². The van der Waals surface area contributed by atoms with Crippen molar-refractivity contribution in [3.8, 4) is 0 Å². The SMILES string of the molecule is CCCNC(C)(CO)CCCCN(C)c1cccc(C)c1. The Bertz CT molecular complexity index is 408. The number of aliphatic hydroxyl groups is 1. The van der Waals surface area contributed by atoms with E-state index in [2.05, 4.69) is 62.3 Å². The number of aliphatic hydroxyl groups excluding tert-OH is 1. The molecule has 120 valence electrons. The minimum Gasteiger partial charge on any atom is -0.394 e. The molecule has 3 heteroatoms. The molecule has 2 N–H and O–H groups in total. The number of anilines is 1. The van der Waals surface area contributed by atoms with Gasteiger partial charge in [-0.1, -0.05) is 19.1 Å². The van der Waals surface area contributed by atoms with Crippen LogP contribution in [-0.2, 0) is 0 Å². The van der Waals surface area contributed by atoms with E-state index in [1.54, 1.807) is 0 Å². The predicted molar refractivity (Wildman–Crippen MR) is 92.1 cm³/mol. The van der Waals surface area contributed by atoms with E-state index in [1.165, 1.54) is 11.3 Å². The molecule has 1 atom stereocenters. The Hall–Kier alpha value is -1.06. The molecule has 0 spiro atoms. The van der Waals surface area contributed by atoms with Crippen molar-refractivity contribution in [2.24, 2.45) is 0 Å². The monoisotopic (exact) mass is 292 g/mol. The van der Waals surface area contributed by atoms with E-state index in [9.17, 15) is 5.11 Å². The first-order valence-corrected chi connectivity index (χ1v) is 8.14. The van der Waals surface area contributed by atoms with E-state index < -0.39 is 0 Å². The molecular formula is C18H32N2O. The van der Waals surface area contributed by atoms with Crippen molar-refractivity contribution >= 4 is 5.69 Å².